The Kier molecular flexibility index (Phi) is 3.40. The number of nitrogens with zero attached hydrogens (tertiary/aromatic N) is 1. The monoisotopic (exact) mass is 114 g/mol. The highest BCUT2D eigenvalue weighted by molar-refractivity contribution is 7.96. The van der Waals surface area contributed by atoms with Crippen molar-refractivity contribution in [3.63, 3.8) is 0 Å². The summed E-state index contributed by atoms with van der Waals surface area (Å²) in [5.74, 6) is 0. The van der Waals surface area contributed by atoms with Crippen molar-refractivity contribution in [2.24, 2.45) is 0 Å². The fourth-order valence-corrected chi connectivity index (χ4v) is 0.104. The largest absolute Gasteiger partial charge is 0.118 e. The van der Waals surface area contributed by atoms with Crippen LogP contribution in [0.15, 0.2) is 0 Å². The van der Waals surface area contributed by atoms with Crippen LogP contribution in [0.2, 0.25) is 0 Å². The maximum absolute atomic E-state index is 11.2. The lowest BCUT2D eigenvalue weighted by atomic mass is 12.0. The highest BCUT2D eigenvalue weighted by Gasteiger charge is 1.91. The Morgan fingerprint density at radius 2 is 2.33 bits per heavy atom. The molecular weight excluding hydrogens is 110 g/mol. The van der Waals surface area contributed by atoms with Gasteiger partial charge in [-0.05, 0) is 11.9 Å². The van der Waals surface area contributed by atoms with Crippen LogP contribution >= 0.6 is 11.9 Å². The topological polar surface area (TPSA) is 15.3 Å². The zero-order valence-electron chi connectivity index (χ0n) is 3.11. The Morgan fingerprint density at radius 3 is 2.33 bits per heavy atom. The van der Waals surface area contributed by atoms with E-state index in [1.807, 2.05) is 0 Å². The summed E-state index contributed by atoms with van der Waals surface area (Å²) in [6.07, 6.45) is 1.40. The molecule has 0 radical (unpaired) electrons. The molecule has 2 nitrogen and oxygen atoms in total. The third-order valence-electron chi connectivity index (χ3n) is 0.227. The van der Waals surface area contributed by atoms with Gasteiger partial charge in [0, 0.05) is 10.9 Å². The molecular formula is CH4F2N2S. The molecule has 6 heavy (non-hydrogen) atoms. The number of rotatable bonds is 2. The third kappa shape index (κ3) is 2.37. The van der Waals surface area contributed by atoms with Gasteiger partial charge >= 0.3 is 0 Å². The van der Waals surface area contributed by atoms with Crippen molar-refractivity contribution in [3.8, 4) is 0 Å². The number of hydrazine groups is 1. The molecule has 0 aliphatic heterocycles. The van der Waals surface area contributed by atoms with Crippen LogP contribution in [0.1, 0.15) is 0 Å². The second-order valence-electron chi connectivity index (χ2n) is 0.512. The van der Waals surface area contributed by atoms with Gasteiger partial charge in [-0.15, -0.1) is 8.96 Å². The lowest BCUT2D eigenvalue weighted by molar-refractivity contribution is 0.00432. The summed E-state index contributed by atoms with van der Waals surface area (Å²) in [5.41, 5.74) is 0.744. The smallest absolute Gasteiger partial charge is 0.00817 e. The van der Waals surface area contributed by atoms with Crippen LogP contribution < -0.4 is 5.65 Å². The van der Waals surface area contributed by atoms with Gasteiger partial charge in [0.2, 0.25) is 0 Å². The van der Waals surface area contributed by atoms with Gasteiger partial charge in [-0.3, -0.25) is 0 Å². The van der Waals surface area contributed by atoms with Gasteiger partial charge in [0.25, 0.3) is 0 Å². The molecule has 0 atom stereocenters. The van der Waals surface area contributed by atoms with Gasteiger partial charge < -0.3 is 0 Å². The lowest BCUT2D eigenvalue weighted by Gasteiger charge is -1.96. The number of hydrogen-bond donors (Lipinski definition) is 1. The molecule has 38 valence electrons. The molecule has 0 unspecified atom stereocenters. The summed E-state index contributed by atoms with van der Waals surface area (Å²) in [6, 6.07) is 0. The molecule has 0 heterocycles. The quantitative estimate of drug-likeness (QED) is 0.325. The third-order valence-corrected chi connectivity index (χ3v) is 0.616. The number of halogens is 2. The molecule has 0 saturated carbocycles. The summed E-state index contributed by atoms with van der Waals surface area (Å²) >= 11 is 0.605. The van der Waals surface area contributed by atoms with Gasteiger partial charge in [0.15, 0.2) is 0 Å². The predicted molar refractivity (Wildman–Crippen MR) is 20.7 cm³/mol. The Balaban J connectivity index is 2.75. The van der Waals surface area contributed by atoms with Crippen molar-refractivity contribution < 1.29 is 8.96 Å². The Labute approximate surface area is 38.5 Å². The molecule has 0 aliphatic rings. The molecule has 0 aromatic heterocycles. The van der Waals surface area contributed by atoms with Crippen LogP contribution in [-0.4, -0.2) is 10.9 Å². The van der Waals surface area contributed by atoms with Gasteiger partial charge in [-0.1, -0.05) is 5.65 Å². The van der Waals surface area contributed by atoms with E-state index in [1.165, 1.54) is 6.26 Å². The maximum atomic E-state index is 11.2. The normalized spacial score (nSPS) is 10.0. The molecule has 0 aliphatic carbocycles. The zero-order chi connectivity index (χ0) is 4.99. The van der Waals surface area contributed by atoms with Crippen molar-refractivity contribution in [2.45, 2.75) is 0 Å². The highest BCUT2D eigenvalue weighted by Crippen LogP contribution is 1.97. The molecule has 0 aromatic rings. The highest BCUT2D eigenvalue weighted by atomic mass is 32.2. The molecule has 0 amide bonds. The van der Waals surface area contributed by atoms with Crippen LogP contribution in [-0.2, 0) is 0 Å². The van der Waals surface area contributed by atoms with E-state index in [4.69, 9.17) is 0 Å². The molecule has 5 heteroatoms. The van der Waals surface area contributed by atoms with Gasteiger partial charge in [0.05, 0.1) is 0 Å². The Hall–Kier alpha value is 0.130. The van der Waals surface area contributed by atoms with E-state index in [2.05, 4.69) is 0 Å². The standard InChI is InChI=1S/CH4F2N2S/c1-6-5(3)4-2/h4H,1H3. The van der Waals surface area contributed by atoms with Crippen molar-refractivity contribution in [1.82, 2.24) is 10.3 Å². The van der Waals surface area contributed by atoms with Crippen LogP contribution in [0.4, 0.5) is 8.96 Å². The molecule has 0 saturated heterocycles. The minimum Gasteiger partial charge on any atom is -0.118 e. The summed E-state index contributed by atoms with van der Waals surface area (Å²) in [7, 11) is 0. The van der Waals surface area contributed by atoms with Gasteiger partial charge in [-0.25, -0.2) is 0 Å². The second-order valence-corrected chi connectivity index (χ2v) is 1.20. The Bertz CT molecular complexity index is 30.7. The molecule has 0 aromatic carbocycles. The Morgan fingerprint density at radius 1 is 1.83 bits per heavy atom. The van der Waals surface area contributed by atoms with Crippen LogP contribution in [0.25, 0.3) is 0 Å². The van der Waals surface area contributed by atoms with Crippen molar-refractivity contribution >= 4 is 11.9 Å². The first-order chi connectivity index (χ1) is 2.81. The van der Waals surface area contributed by atoms with E-state index >= 15 is 0 Å². The SMILES string of the molecule is CSN(F)NF. The van der Waals surface area contributed by atoms with E-state index in [0.29, 0.717) is 11.9 Å². The number of nitrogens with one attached hydrogen (secondary N) is 1. The van der Waals surface area contributed by atoms with Crippen LogP contribution in [0.5, 0.6) is 0 Å². The summed E-state index contributed by atoms with van der Waals surface area (Å²) in [6.45, 7) is 0. The molecule has 0 bridgehead atoms. The minimum atomic E-state index is -0.250. The second kappa shape index (κ2) is 3.32. The predicted octanol–water partition coefficient (Wildman–Crippen LogP) is 0.840. The van der Waals surface area contributed by atoms with E-state index in [0.717, 1.165) is 5.65 Å². The fourth-order valence-electron chi connectivity index (χ4n) is 0.0345. The lowest BCUT2D eigenvalue weighted by Crippen LogP contribution is -2.13. The molecule has 1 N–H and O–H groups in total. The van der Waals surface area contributed by atoms with E-state index < -0.39 is 0 Å². The van der Waals surface area contributed by atoms with E-state index in [-0.39, 0.29) is 4.64 Å². The summed E-state index contributed by atoms with van der Waals surface area (Å²) in [5, 5.41) is 0. The fraction of sp³-hybridized carbons (Fsp3) is 1.00. The maximum Gasteiger partial charge on any atom is 0.00817 e. The van der Waals surface area contributed by atoms with Gasteiger partial charge in [-0.2, -0.15) is 0 Å². The minimum absolute atomic E-state index is 0.250. The van der Waals surface area contributed by atoms with Crippen molar-refractivity contribution in [2.75, 3.05) is 6.26 Å². The molecule has 0 fully saturated rings. The summed E-state index contributed by atoms with van der Waals surface area (Å²) in [4.78, 5) is 0. The summed E-state index contributed by atoms with van der Waals surface area (Å²) < 4.78 is 21.6. The van der Waals surface area contributed by atoms with E-state index in [1.54, 1.807) is 0 Å². The first kappa shape index (κ1) is 6.13. The number of hydrogen-bond acceptors (Lipinski definition) is 3. The average Bonchev–Trinajstić information content (AvgIpc) is 1.65. The zero-order valence-corrected chi connectivity index (χ0v) is 3.93. The van der Waals surface area contributed by atoms with Crippen LogP contribution in [0.3, 0.4) is 0 Å². The van der Waals surface area contributed by atoms with E-state index in [9.17, 15) is 8.96 Å². The molecule has 0 spiro atoms. The van der Waals surface area contributed by atoms with Gasteiger partial charge in [0.1, 0.15) is 0 Å². The van der Waals surface area contributed by atoms with Crippen LogP contribution in [0, 0.1) is 0 Å². The van der Waals surface area contributed by atoms with Crippen molar-refractivity contribution in [1.29, 1.82) is 0 Å². The first-order valence-electron chi connectivity index (χ1n) is 1.17. The average molecular weight is 114 g/mol. The first-order valence-corrected chi connectivity index (χ1v) is 2.35. The van der Waals surface area contributed by atoms with Crippen molar-refractivity contribution in [3.05, 3.63) is 0 Å². The molecule has 0 rings (SSSR count).